The third-order valence-corrected chi connectivity index (χ3v) is 3.90. The summed E-state index contributed by atoms with van der Waals surface area (Å²) in [5, 5.41) is 0. The molecule has 2 fully saturated rings. The molecule has 0 saturated carbocycles. The van der Waals surface area contributed by atoms with Gasteiger partial charge in [-0.2, -0.15) is 0 Å². The second-order valence-corrected chi connectivity index (χ2v) is 5.18. The molecule has 17 heavy (non-hydrogen) atoms. The summed E-state index contributed by atoms with van der Waals surface area (Å²) in [5.41, 5.74) is 5.69. The van der Waals surface area contributed by atoms with Crippen molar-refractivity contribution in [2.75, 3.05) is 32.8 Å². The molecular weight excluding hydrogens is 216 g/mol. The number of hydrogen-bond acceptors (Lipinski definition) is 4. The fourth-order valence-corrected chi connectivity index (χ4v) is 2.93. The van der Waals surface area contributed by atoms with Gasteiger partial charge in [0.25, 0.3) is 0 Å². The Morgan fingerprint density at radius 2 is 2.06 bits per heavy atom. The average Bonchev–Trinajstić information content (AvgIpc) is 2.40. The largest absolute Gasteiger partial charge is 0.378 e. The van der Waals surface area contributed by atoms with Gasteiger partial charge in [-0.1, -0.05) is 13.3 Å². The lowest BCUT2D eigenvalue weighted by molar-refractivity contribution is -0.0773. The van der Waals surface area contributed by atoms with Crippen LogP contribution in [0.3, 0.4) is 0 Å². The van der Waals surface area contributed by atoms with Gasteiger partial charge >= 0.3 is 0 Å². The van der Waals surface area contributed by atoms with Gasteiger partial charge in [-0.25, -0.2) is 0 Å². The van der Waals surface area contributed by atoms with E-state index in [-0.39, 0.29) is 6.10 Å². The maximum atomic E-state index is 5.81. The highest BCUT2D eigenvalue weighted by Gasteiger charge is 2.30. The summed E-state index contributed by atoms with van der Waals surface area (Å²) in [6, 6.07) is 0.679. The van der Waals surface area contributed by atoms with Gasteiger partial charge in [-0.3, -0.25) is 4.90 Å². The zero-order valence-electron chi connectivity index (χ0n) is 10.9. The first kappa shape index (κ1) is 13.3. The first-order chi connectivity index (χ1) is 8.33. The molecule has 0 spiro atoms. The monoisotopic (exact) mass is 242 g/mol. The van der Waals surface area contributed by atoms with Crippen LogP contribution < -0.4 is 5.73 Å². The Morgan fingerprint density at radius 3 is 2.82 bits per heavy atom. The van der Waals surface area contributed by atoms with E-state index >= 15 is 0 Å². The van der Waals surface area contributed by atoms with Crippen LogP contribution >= 0.6 is 0 Å². The first-order valence-electron chi connectivity index (χ1n) is 7.00. The van der Waals surface area contributed by atoms with Crippen molar-refractivity contribution < 1.29 is 9.47 Å². The third kappa shape index (κ3) is 3.65. The molecule has 4 heteroatoms. The highest BCUT2D eigenvalue weighted by molar-refractivity contribution is 4.83. The van der Waals surface area contributed by atoms with E-state index in [1.165, 1.54) is 19.3 Å². The van der Waals surface area contributed by atoms with Crippen LogP contribution in [-0.2, 0) is 9.47 Å². The van der Waals surface area contributed by atoms with E-state index in [1.807, 2.05) is 0 Å². The molecule has 2 rings (SSSR count). The third-order valence-electron chi connectivity index (χ3n) is 3.90. The number of morpholine rings is 1. The zero-order valence-corrected chi connectivity index (χ0v) is 10.9. The first-order valence-corrected chi connectivity index (χ1v) is 7.00. The highest BCUT2D eigenvalue weighted by atomic mass is 16.5. The van der Waals surface area contributed by atoms with Crippen molar-refractivity contribution in [2.45, 2.75) is 50.9 Å². The lowest BCUT2D eigenvalue weighted by atomic mass is 9.98. The molecule has 2 N–H and O–H groups in total. The van der Waals surface area contributed by atoms with Crippen LogP contribution in [0.15, 0.2) is 0 Å². The standard InChI is InChI=1S/C13H26N2O2/c1-2-3-12-8-11(4-6-16-12)15-5-7-17-13(9-14)10-15/h11-13H,2-10,14H2,1H3. The fraction of sp³-hybridized carbons (Fsp3) is 1.00. The molecule has 4 nitrogen and oxygen atoms in total. The number of hydrogen-bond donors (Lipinski definition) is 1. The van der Waals surface area contributed by atoms with Crippen molar-refractivity contribution in [3.63, 3.8) is 0 Å². The number of rotatable bonds is 4. The average molecular weight is 242 g/mol. The Morgan fingerprint density at radius 1 is 1.24 bits per heavy atom. The van der Waals surface area contributed by atoms with Crippen LogP contribution in [0.2, 0.25) is 0 Å². The Kier molecular flexibility index (Phi) is 5.22. The van der Waals surface area contributed by atoms with E-state index in [0.29, 0.717) is 18.7 Å². The second-order valence-electron chi connectivity index (χ2n) is 5.18. The summed E-state index contributed by atoms with van der Waals surface area (Å²) in [5.74, 6) is 0. The van der Waals surface area contributed by atoms with Gasteiger partial charge in [0.2, 0.25) is 0 Å². The summed E-state index contributed by atoms with van der Waals surface area (Å²) >= 11 is 0. The minimum absolute atomic E-state index is 0.233. The Labute approximate surface area is 104 Å². The summed E-state index contributed by atoms with van der Waals surface area (Å²) in [6.45, 7) is 6.67. The van der Waals surface area contributed by atoms with Crippen molar-refractivity contribution in [2.24, 2.45) is 5.73 Å². The van der Waals surface area contributed by atoms with Crippen molar-refractivity contribution in [1.82, 2.24) is 4.90 Å². The smallest absolute Gasteiger partial charge is 0.0824 e. The molecule has 3 unspecified atom stereocenters. The molecule has 100 valence electrons. The van der Waals surface area contributed by atoms with Crippen LogP contribution in [0, 0.1) is 0 Å². The van der Waals surface area contributed by atoms with Gasteiger partial charge < -0.3 is 15.2 Å². The molecule has 0 aromatic heterocycles. The Hall–Kier alpha value is -0.160. The van der Waals surface area contributed by atoms with E-state index in [1.54, 1.807) is 0 Å². The maximum Gasteiger partial charge on any atom is 0.0824 e. The summed E-state index contributed by atoms with van der Waals surface area (Å²) in [6.07, 6.45) is 5.46. The summed E-state index contributed by atoms with van der Waals surface area (Å²) < 4.78 is 11.4. The normalized spacial score (nSPS) is 36.0. The predicted molar refractivity (Wildman–Crippen MR) is 68.0 cm³/mol. The van der Waals surface area contributed by atoms with Gasteiger partial charge in [0.05, 0.1) is 18.8 Å². The van der Waals surface area contributed by atoms with Crippen molar-refractivity contribution in [3.05, 3.63) is 0 Å². The SMILES string of the molecule is CCCC1CC(N2CCOC(CN)C2)CCO1. The number of nitrogens with two attached hydrogens (primary N) is 1. The van der Waals surface area contributed by atoms with E-state index in [4.69, 9.17) is 15.2 Å². The van der Waals surface area contributed by atoms with Crippen LogP contribution in [0.5, 0.6) is 0 Å². The molecule has 0 bridgehead atoms. The maximum absolute atomic E-state index is 5.81. The van der Waals surface area contributed by atoms with Gasteiger partial charge in [-0.05, 0) is 19.3 Å². The van der Waals surface area contributed by atoms with Crippen molar-refractivity contribution in [1.29, 1.82) is 0 Å². The predicted octanol–water partition coefficient (Wildman–Crippen LogP) is 0.994. The topological polar surface area (TPSA) is 47.7 Å². The van der Waals surface area contributed by atoms with Crippen LogP contribution in [0.4, 0.5) is 0 Å². The summed E-state index contributed by atoms with van der Waals surface area (Å²) in [7, 11) is 0. The molecule has 0 aromatic rings. The number of ether oxygens (including phenoxy) is 2. The minimum Gasteiger partial charge on any atom is -0.378 e. The van der Waals surface area contributed by atoms with Crippen molar-refractivity contribution >= 4 is 0 Å². The van der Waals surface area contributed by atoms with E-state index in [0.717, 1.165) is 32.7 Å². The van der Waals surface area contributed by atoms with Crippen LogP contribution in [0.1, 0.15) is 32.6 Å². The molecule has 2 saturated heterocycles. The Bertz CT molecular complexity index is 223. The quantitative estimate of drug-likeness (QED) is 0.799. The molecule has 0 radical (unpaired) electrons. The lowest BCUT2D eigenvalue weighted by Crippen LogP contribution is -2.52. The molecule has 0 amide bonds. The van der Waals surface area contributed by atoms with Gasteiger partial charge in [-0.15, -0.1) is 0 Å². The molecule has 2 aliphatic rings. The summed E-state index contributed by atoms with van der Waals surface area (Å²) in [4.78, 5) is 2.56. The second kappa shape index (κ2) is 6.69. The molecular formula is C13H26N2O2. The molecule has 2 aliphatic heterocycles. The van der Waals surface area contributed by atoms with E-state index < -0.39 is 0 Å². The van der Waals surface area contributed by atoms with Gasteiger partial charge in [0, 0.05) is 32.3 Å². The van der Waals surface area contributed by atoms with Crippen LogP contribution in [-0.4, -0.2) is 56.0 Å². The fourth-order valence-electron chi connectivity index (χ4n) is 2.93. The highest BCUT2D eigenvalue weighted by Crippen LogP contribution is 2.23. The van der Waals surface area contributed by atoms with Gasteiger partial charge in [0.1, 0.15) is 0 Å². The molecule has 3 atom stereocenters. The van der Waals surface area contributed by atoms with E-state index in [9.17, 15) is 0 Å². The van der Waals surface area contributed by atoms with Crippen LogP contribution in [0.25, 0.3) is 0 Å². The molecule has 0 aromatic carbocycles. The van der Waals surface area contributed by atoms with Gasteiger partial charge in [0.15, 0.2) is 0 Å². The van der Waals surface area contributed by atoms with E-state index in [2.05, 4.69) is 11.8 Å². The molecule has 2 heterocycles. The molecule has 0 aliphatic carbocycles. The lowest BCUT2D eigenvalue weighted by Gasteiger charge is -2.41. The number of nitrogens with zero attached hydrogens (tertiary/aromatic N) is 1. The van der Waals surface area contributed by atoms with Crippen molar-refractivity contribution in [3.8, 4) is 0 Å². The Balaban J connectivity index is 1.83. The minimum atomic E-state index is 0.233. The zero-order chi connectivity index (χ0) is 12.1.